The van der Waals surface area contributed by atoms with Crippen LogP contribution in [0.2, 0.25) is 0 Å². The summed E-state index contributed by atoms with van der Waals surface area (Å²) in [5.74, 6) is 0.858. The fourth-order valence-electron chi connectivity index (χ4n) is 2.19. The molecule has 4 heteroatoms. The largest absolute Gasteiger partial charge is 0.416 e. The zero-order chi connectivity index (χ0) is 9.31. The van der Waals surface area contributed by atoms with Crippen LogP contribution in [0.1, 0.15) is 44.9 Å². The summed E-state index contributed by atoms with van der Waals surface area (Å²) in [7, 11) is 0. The van der Waals surface area contributed by atoms with Gasteiger partial charge in [0.15, 0.2) is 0 Å². The van der Waals surface area contributed by atoms with Gasteiger partial charge in [-0.15, -0.1) is 10.2 Å². The fourth-order valence-corrected chi connectivity index (χ4v) is 2.51. The first kappa shape index (κ1) is 9.43. The van der Waals surface area contributed by atoms with Crippen LogP contribution in [0.15, 0.2) is 4.42 Å². The van der Waals surface area contributed by atoms with Gasteiger partial charge in [0.1, 0.15) is 0 Å². The van der Waals surface area contributed by atoms with E-state index in [4.69, 9.17) is 4.42 Å². The standard InChI is InChI=1S/C9H13IN2O/c1-2-9(5-3-4-6-9)7-11-12-8(10)13-7/h2-6H2,1H3. The molecule has 1 heterocycles. The van der Waals surface area contributed by atoms with Gasteiger partial charge >= 0.3 is 0 Å². The maximum absolute atomic E-state index is 5.53. The van der Waals surface area contributed by atoms with Crippen LogP contribution in [0.3, 0.4) is 0 Å². The zero-order valence-electron chi connectivity index (χ0n) is 7.72. The number of hydrogen-bond donors (Lipinski definition) is 0. The predicted octanol–water partition coefficient (Wildman–Crippen LogP) is 2.90. The molecule has 0 aliphatic heterocycles. The second kappa shape index (κ2) is 3.55. The third-order valence-corrected chi connectivity index (χ3v) is 3.53. The second-order valence-corrected chi connectivity index (χ2v) is 4.62. The molecule has 72 valence electrons. The van der Waals surface area contributed by atoms with Gasteiger partial charge in [-0.05, 0) is 19.3 Å². The summed E-state index contributed by atoms with van der Waals surface area (Å²) in [6.45, 7) is 2.21. The van der Waals surface area contributed by atoms with E-state index in [0.29, 0.717) is 3.90 Å². The van der Waals surface area contributed by atoms with E-state index in [1.165, 1.54) is 25.7 Å². The Morgan fingerprint density at radius 3 is 2.54 bits per heavy atom. The summed E-state index contributed by atoms with van der Waals surface area (Å²) in [6.07, 6.45) is 6.13. The molecule has 0 bridgehead atoms. The molecule has 1 aromatic rings. The molecular formula is C9H13IN2O. The first-order chi connectivity index (χ1) is 6.27. The Hall–Kier alpha value is -0.130. The van der Waals surface area contributed by atoms with Crippen molar-refractivity contribution in [3.8, 4) is 0 Å². The van der Waals surface area contributed by atoms with Gasteiger partial charge in [0.05, 0.1) is 0 Å². The summed E-state index contributed by atoms with van der Waals surface area (Å²) < 4.78 is 6.19. The Morgan fingerprint density at radius 2 is 2.08 bits per heavy atom. The molecule has 0 aromatic carbocycles. The summed E-state index contributed by atoms with van der Waals surface area (Å²) in [4.78, 5) is 0. The molecule has 1 aromatic heterocycles. The Balaban J connectivity index is 2.30. The van der Waals surface area contributed by atoms with Crippen molar-refractivity contribution in [2.24, 2.45) is 0 Å². The highest BCUT2D eigenvalue weighted by atomic mass is 127. The summed E-state index contributed by atoms with van der Waals surface area (Å²) in [5, 5.41) is 8.04. The average molecular weight is 292 g/mol. The minimum atomic E-state index is 0.205. The minimum Gasteiger partial charge on any atom is -0.416 e. The lowest BCUT2D eigenvalue weighted by Crippen LogP contribution is -2.21. The van der Waals surface area contributed by atoms with Crippen LogP contribution in [0.5, 0.6) is 0 Å². The highest BCUT2D eigenvalue weighted by Gasteiger charge is 2.38. The predicted molar refractivity (Wildman–Crippen MR) is 57.5 cm³/mol. The lowest BCUT2D eigenvalue weighted by atomic mass is 9.83. The molecule has 0 atom stereocenters. The van der Waals surface area contributed by atoms with Crippen LogP contribution in [-0.4, -0.2) is 10.2 Å². The van der Waals surface area contributed by atoms with Crippen molar-refractivity contribution in [3.05, 3.63) is 9.79 Å². The lowest BCUT2D eigenvalue weighted by molar-refractivity contribution is 0.309. The van der Waals surface area contributed by atoms with Gasteiger partial charge < -0.3 is 4.42 Å². The van der Waals surface area contributed by atoms with E-state index in [1.807, 2.05) is 0 Å². The summed E-state index contributed by atoms with van der Waals surface area (Å²) in [6, 6.07) is 0. The van der Waals surface area contributed by atoms with Crippen molar-refractivity contribution >= 4 is 22.6 Å². The molecule has 1 fully saturated rings. The van der Waals surface area contributed by atoms with Gasteiger partial charge in [-0.2, -0.15) is 0 Å². The molecule has 1 saturated carbocycles. The van der Waals surface area contributed by atoms with Crippen LogP contribution in [0, 0.1) is 3.90 Å². The van der Waals surface area contributed by atoms with Crippen molar-refractivity contribution in [2.45, 2.75) is 44.4 Å². The van der Waals surface area contributed by atoms with Crippen LogP contribution in [0.25, 0.3) is 0 Å². The van der Waals surface area contributed by atoms with Gasteiger partial charge in [0.2, 0.25) is 5.89 Å². The molecule has 0 unspecified atom stereocenters. The van der Waals surface area contributed by atoms with Crippen LogP contribution >= 0.6 is 22.6 Å². The average Bonchev–Trinajstić information content (AvgIpc) is 2.73. The van der Waals surface area contributed by atoms with Gasteiger partial charge in [-0.3, -0.25) is 0 Å². The van der Waals surface area contributed by atoms with E-state index in [2.05, 4.69) is 39.7 Å². The monoisotopic (exact) mass is 292 g/mol. The molecule has 0 saturated heterocycles. The maximum Gasteiger partial charge on any atom is 0.278 e. The molecule has 0 amide bonds. The fraction of sp³-hybridized carbons (Fsp3) is 0.778. The second-order valence-electron chi connectivity index (χ2n) is 3.70. The van der Waals surface area contributed by atoms with Gasteiger partial charge in [0.25, 0.3) is 3.90 Å². The molecule has 1 aliphatic carbocycles. The van der Waals surface area contributed by atoms with Crippen molar-refractivity contribution in [1.82, 2.24) is 10.2 Å². The van der Waals surface area contributed by atoms with Crippen LogP contribution < -0.4 is 0 Å². The van der Waals surface area contributed by atoms with E-state index < -0.39 is 0 Å². The smallest absolute Gasteiger partial charge is 0.278 e. The highest BCUT2D eigenvalue weighted by Crippen LogP contribution is 2.42. The van der Waals surface area contributed by atoms with Crippen molar-refractivity contribution < 1.29 is 4.42 Å². The van der Waals surface area contributed by atoms with Crippen molar-refractivity contribution in [2.75, 3.05) is 0 Å². The molecular weight excluding hydrogens is 279 g/mol. The molecule has 0 spiro atoms. The van der Waals surface area contributed by atoms with Gasteiger partial charge in [-0.25, -0.2) is 0 Å². The Morgan fingerprint density at radius 1 is 1.38 bits per heavy atom. The first-order valence-electron chi connectivity index (χ1n) is 4.76. The summed E-state index contributed by atoms with van der Waals surface area (Å²) >= 11 is 2.07. The van der Waals surface area contributed by atoms with Gasteiger partial charge in [-0.1, -0.05) is 19.8 Å². The molecule has 2 rings (SSSR count). The number of rotatable bonds is 2. The van der Waals surface area contributed by atoms with Gasteiger partial charge in [0, 0.05) is 28.0 Å². The van der Waals surface area contributed by atoms with E-state index >= 15 is 0 Å². The molecule has 0 N–H and O–H groups in total. The van der Waals surface area contributed by atoms with Crippen molar-refractivity contribution in [3.63, 3.8) is 0 Å². The normalized spacial score (nSPS) is 20.8. The SMILES string of the molecule is CCC1(c2nnc(I)o2)CCCC1. The quantitative estimate of drug-likeness (QED) is 0.787. The number of aromatic nitrogens is 2. The first-order valence-corrected chi connectivity index (χ1v) is 5.84. The number of hydrogen-bond acceptors (Lipinski definition) is 3. The Kier molecular flexibility index (Phi) is 2.58. The Bertz CT molecular complexity index is 292. The topological polar surface area (TPSA) is 38.9 Å². The maximum atomic E-state index is 5.53. The molecule has 13 heavy (non-hydrogen) atoms. The summed E-state index contributed by atoms with van der Waals surface area (Å²) in [5.41, 5.74) is 0.205. The van der Waals surface area contributed by atoms with E-state index in [-0.39, 0.29) is 5.41 Å². The van der Waals surface area contributed by atoms with E-state index in [1.54, 1.807) is 0 Å². The minimum absolute atomic E-state index is 0.205. The number of nitrogens with zero attached hydrogens (tertiary/aromatic N) is 2. The third-order valence-electron chi connectivity index (χ3n) is 3.09. The molecule has 3 nitrogen and oxygen atoms in total. The van der Waals surface area contributed by atoms with Crippen molar-refractivity contribution in [1.29, 1.82) is 0 Å². The highest BCUT2D eigenvalue weighted by molar-refractivity contribution is 14.1. The lowest BCUT2D eigenvalue weighted by Gasteiger charge is -2.21. The molecule has 0 radical (unpaired) electrons. The zero-order valence-corrected chi connectivity index (χ0v) is 9.87. The van der Waals surface area contributed by atoms with Crippen LogP contribution in [0.4, 0.5) is 0 Å². The Labute approximate surface area is 91.4 Å². The third kappa shape index (κ3) is 1.60. The molecule has 1 aliphatic rings. The van der Waals surface area contributed by atoms with E-state index in [0.717, 1.165) is 12.3 Å². The van der Waals surface area contributed by atoms with Crippen LogP contribution in [-0.2, 0) is 5.41 Å². The van der Waals surface area contributed by atoms with E-state index in [9.17, 15) is 0 Å². The number of halogens is 1.